The fraction of sp³-hybridized carbons (Fsp3) is 0.227. The van der Waals surface area contributed by atoms with Crippen molar-refractivity contribution >= 4 is 34.9 Å². The fourth-order valence-electron chi connectivity index (χ4n) is 3.16. The molecule has 1 aromatic heterocycles. The highest BCUT2D eigenvalue weighted by atomic mass is 32.2. The van der Waals surface area contributed by atoms with E-state index in [1.807, 2.05) is 35.7 Å². The van der Waals surface area contributed by atoms with Crippen LogP contribution in [0.15, 0.2) is 60.0 Å². The first-order valence-corrected chi connectivity index (χ1v) is 11.5. The average molecular weight is 440 g/mol. The predicted molar refractivity (Wildman–Crippen MR) is 120 cm³/mol. The third-order valence-corrected chi connectivity index (χ3v) is 6.75. The summed E-state index contributed by atoms with van der Waals surface area (Å²) >= 11 is 3.13. The number of thioether (sulfide) groups is 1. The van der Waals surface area contributed by atoms with Gasteiger partial charge in [-0.3, -0.25) is 9.59 Å². The van der Waals surface area contributed by atoms with E-state index in [2.05, 4.69) is 10.3 Å². The lowest BCUT2D eigenvalue weighted by Crippen LogP contribution is -2.47. The molecular weight excluding hydrogens is 418 g/mol. The van der Waals surface area contributed by atoms with E-state index in [9.17, 15) is 9.59 Å². The van der Waals surface area contributed by atoms with Crippen LogP contribution >= 0.6 is 23.1 Å². The van der Waals surface area contributed by atoms with Crippen LogP contribution in [0, 0.1) is 0 Å². The topological polar surface area (TPSA) is 71.5 Å². The second kappa shape index (κ2) is 9.32. The maximum absolute atomic E-state index is 12.9. The van der Waals surface area contributed by atoms with Gasteiger partial charge in [0.2, 0.25) is 5.91 Å². The van der Waals surface area contributed by atoms with E-state index >= 15 is 0 Å². The highest BCUT2D eigenvalue weighted by Crippen LogP contribution is 2.25. The van der Waals surface area contributed by atoms with Gasteiger partial charge in [-0.2, -0.15) is 0 Å². The Hall–Kier alpha value is -2.84. The van der Waals surface area contributed by atoms with E-state index in [1.54, 1.807) is 59.4 Å². The van der Waals surface area contributed by atoms with Crippen molar-refractivity contribution in [3.8, 4) is 16.3 Å². The van der Waals surface area contributed by atoms with Gasteiger partial charge in [-0.25, -0.2) is 4.98 Å². The normalized spacial score (nSPS) is 15.8. The molecule has 1 atom stereocenters. The van der Waals surface area contributed by atoms with Crippen molar-refractivity contribution in [1.29, 1.82) is 0 Å². The Morgan fingerprint density at radius 3 is 2.67 bits per heavy atom. The predicted octanol–water partition coefficient (Wildman–Crippen LogP) is 3.65. The highest BCUT2D eigenvalue weighted by Gasteiger charge is 2.35. The molecule has 1 aliphatic rings. The van der Waals surface area contributed by atoms with Crippen LogP contribution in [0.4, 0.5) is 0 Å². The molecule has 3 aromatic rings. The minimum atomic E-state index is -0.489. The summed E-state index contributed by atoms with van der Waals surface area (Å²) in [5.41, 5.74) is 2.41. The van der Waals surface area contributed by atoms with E-state index in [1.165, 1.54) is 0 Å². The lowest BCUT2D eigenvalue weighted by Gasteiger charge is -2.23. The van der Waals surface area contributed by atoms with Crippen molar-refractivity contribution in [2.24, 2.45) is 0 Å². The number of hydrogen-bond donors (Lipinski definition) is 1. The van der Waals surface area contributed by atoms with E-state index in [4.69, 9.17) is 4.74 Å². The number of amides is 2. The lowest BCUT2D eigenvalue weighted by atomic mass is 10.1. The summed E-state index contributed by atoms with van der Waals surface area (Å²) in [5.74, 6) is 1.46. The number of thiazole rings is 1. The Balaban J connectivity index is 1.38. The van der Waals surface area contributed by atoms with E-state index in [0.29, 0.717) is 29.5 Å². The molecule has 1 N–H and O–H groups in total. The molecule has 0 spiro atoms. The smallest absolute Gasteiger partial charge is 0.255 e. The maximum Gasteiger partial charge on any atom is 0.255 e. The molecule has 1 fully saturated rings. The van der Waals surface area contributed by atoms with Crippen molar-refractivity contribution < 1.29 is 14.3 Å². The van der Waals surface area contributed by atoms with Gasteiger partial charge in [-0.15, -0.1) is 23.1 Å². The number of benzene rings is 2. The third-order valence-electron chi connectivity index (χ3n) is 4.80. The van der Waals surface area contributed by atoms with Gasteiger partial charge in [0.15, 0.2) is 0 Å². The van der Waals surface area contributed by atoms with Gasteiger partial charge >= 0.3 is 0 Å². The van der Waals surface area contributed by atoms with Crippen LogP contribution in [0.5, 0.6) is 5.75 Å². The van der Waals surface area contributed by atoms with Crippen molar-refractivity contribution in [2.75, 3.05) is 18.7 Å². The quantitative estimate of drug-likeness (QED) is 0.635. The number of carbonyl (C=O) groups excluding carboxylic acids is 2. The highest BCUT2D eigenvalue weighted by molar-refractivity contribution is 7.99. The first kappa shape index (κ1) is 20.4. The van der Waals surface area contributed by atoms with Crippen LogP contribution in [-0.2, 0) is 11.3 Å². The monoisotopic (exact) mass is 439 g/mol. The number of rotatable bonds is 6. The molecule has 0 aliphatic carbocycles. The molecule has 154 valence electrons. The molecule has 1 saturated heterocycles. The van der Waals surface area contributed by atoms with Crippen LogP contribution in [0.2, 0.25) is 0 Å². The Labute approximate surface area is 183 Å². The second-order valence-corrected chi connectivity index (χ2v) is 8.60. The summed E-state index contributed by atoms with van der Waals surface area (Å²) < 4.78 is 5.14. The molecule has 2 heterocycles. The molecule has 1 aliphatic heterocycles. The van der Waals surface area contributed by atoms with Crippen molar-refractivity contribution in [3.63, 3.8) is 0 Å². The molecule has 0 radical (unpaired) electrons. The van der Waals surface area contributed by atoms with E-state index in [-0.39, 0.29) is 11.8 Å². The second-order valence-electron chi connectivity index (χ2n) is 6.75. The molecule has 8 heteroatoms. The number of nitrogens with one attached hydrogen (secondary N) is 1. The standard InChI is InChI=1S/C22H21N3O3S2/c1-28-18-9-7-16(8-10-18)22(27)25-14-29-13-19(25)20(26)23-11-17-12-30-21(24-17)15-5-3-2-4-6-15/h2-10,12,19H,11,13-14H2,1H3,(H,23,26). The van der Waals surface area contributed by atoms with Gasteiger partial charge in [0.05, 0.1) is 25.2 Å². The van der Waals surface area contributed by atoms with Crippen molar-refractivity contribution in [1.82, 2.24) is 15.2 Å². The van der Waals surface area contributed by atoms with Gasteiger partial charge in [0.25, 0.3) is 5.91 Å². The van der Waals surface area contributed by atoms with Gasteiger partial charge in [0, 0.05) is 22.3 Å². The first-order chi connectivity index (χ1) is 14.7. The van der Waals surface area contributed by atoms with Gasteiger partial charge < -0.3 is 15.0 Å². The zero-order chi connectivity index (χ0) is 20.9. The van der Waals surface area contributed by atoms with Crippen LogP contribution < -0.4 is 10.1 Å². The van der Waals surface area contributed by atoms with Crippen LogP contribution in [0.1, 0.15) is 16.1 Å². The molecule has 1 unspecified atom stereocenters. The third kappa shape index (κ3) is 4.49. The van der Waals surface area contributed by atoms with Gasteiger partial charge in [-0.05, 0) is 24.3 Å². The van der Waals surface area contributed by atoms with Crippen LogP contribution in [0.3, 0.4) is 0 Å². The first-order valence-electron chi connectivity index (χ1n) is 9.46. The number of ether oxygens (including phenoxy) is 1. The van der Waals surface area contributed by atoms with E-state index < -0.39 is 6.04 Å². The molecule has 2 aromatic carbocycles. The number of carbonyl (C=O) groups is 2. The molecule has 30 heavy (non-hydrogen) atoms. The van der Waals surface area contributed by atoms with Crippen LogP contribution in [-0.4, -0.2) is 46.5 Å². The minimum absolute atomic E-state index is 0.150. The number of methoxy groups -OCH3 is 1. The molecule has 0 bridgehead atoms. The molecule has 2 amide bonds. The summed E-state index contributed by atoms with van der Waals surface area (Å²) in [6.45, 7) is 0.341. The summed E-state index contributed by atoms with van der Waals surface area (Å²) in [5, 5.41) is 5.81. The number of aromatic nitrogens is 1. The Bertz CT molecular complexity index is 1020. The Morgan fingerprint density at radius 2 is 1.93 bits per heavy atom. The summed E-state index contributed by atoms with van der Waals surface area (Å²) in [7, 11) is 1.58. The summed E-state index contributed by atoms with van der Waals surface area (Å²) in [6, 6.07) is 16.4. The number of nitrogens with zero attached hydrogens (tertiary/aromatic N) is 2. The van der Waals surface area contributed by atoms with Gasteiger partial charge in [-0.1, -0.05) is 30.3 Å². The Morgan fingerprint density at radius 1 is 1.17 bits per heavy atom. The number of hydrogen-bond acceptors (Lipinski definition) is 6. The molecular formula is C22H21N3O3S2. The van der Waals surface area contributed by atoms with Crippen molar-refractivity contribution in [2.45, 2.75) is 12.6 Å². The lowest BCUT2D eigenvalue weighted by molar-refractivity contribution is -0.124. The van der Waals surface area contributed by atoms with Crippen LogP contribution in [0.25, 0.3) is 10.6 Å². The summed E-state index contributed by atoms with van der Waals surface area (Å²) in [4.78, 5) is 31.9. The van der Waals surface area contributed by atoms with E-state index in [0.717, 1.165) is 16.3 Å². The maximum atomic E-state index is 12.9. The SMILES string of the molecule is COc1ccc(C(=O)N2CSCC2C(=O)NCc2csc(-c3ccccc3)n2)cc1. The van der Waals surface area contributed by atoms with Crippen molar-refractivity contribution in [3.05, 3.63) is 71.2 Å². The average Bonchev–Trinajstić information content (AvgIpc) is 3.48. The molecule has 6 nitrogen and oxygen atoms in total. The fourth-order valence-corrected chi connectivity index (χ4v) is 5.14. The van der Waals surface area contributed by atoms with Gasteiger partial charge in [0.1, 0.15) is 16.8 Å². The minimum Gasteiger partial charge on any atom is -0.497 e. The zero-order valence-electron chi connectivity index (χ0n) is 16.4. The molecule has 0 saturated carbocycles. The zero-order valence-corrected chi connectivity index (χ0v) is 18.0. The summed E-state index contributed by atoms with van der Waals surface area (Å²) in [6.07, 6.45) is 0. The Kier molecular flexibility index (Phi) is 6.35. The molecule has 4 rings (SSSR count). The largest absolute Gasteiger partial charge is 0.497 e.